The van der Waals surface area contributed by atoms with Gasteiger partial charge in [0.05, 0.1) is 24.4 Å². The summed E-state index contributed by atoms with van der Waals surface area (Å²) in [6.07, 6.45) is 6.02. The molecule has 10 heteroatoms. The topological polar surface area (TPSA) is 95.0 Å². The monoisotopic (exact) mass is 431 g/mol. The zero-order valence-corrected chi connectivity index (χ0v) is 18.2. The van der Waals surface area contributed by atoms with Gasteiger partial charge in [-0.25, -0.2) is 9.97 Å². The highest BCUT2D eigenvalue weighted by molar-refractivity contribution is 7.98. The molecule has 0 atom stereocenters. The van der Waals surface area contributed by atoms with E-state index in [1.165, 1.54) is 29.7 Å². The van der Waals surface area contributed by atoms with E-state index >= 15 is 0 Å². The van der Waals surface area contributed by atoms with Crippen molar-refractivity contribution < 1.29 is 4.74 Å². The number of nitrogens with two attached hydrogens (primary N) is 1. The molecule has 3 aromatic heterocycles. The lowest BCUT2D eigenvalue weighted by Crippen LogP contribution is -2.37. The summed E-state index contributed by atoms with van der Waals surface area (Å²) in [7, 11) is 2.00. The normalized spacial score (nSPS) is 17.5. The number of hydrogen-bond acceptors (Lipinski definition) is 9. The van der Waals surface area contributed by atoms with Crippen LogP contribution in [-0.2, 0) is 30.4 Å². The molecule has 29 heavy (non-hydrogen) atoms. The van der Waals surface area contributed by atoms with Gasteiger partial charge >= 0.3 is 0 Å². The summed E-state index contributed by atoms with van der Waals surface area (Å²) < 4.78 is 7.46. The lowest BCUT2D eigenvalue weighted by Gasteiger charge is -2.27. The van der Waals surface area contributed by atoms with Gasteiger partial charge in [-0.3, -0.25) is 4.57 Å². The van der Waals surface area contributed by atoms with Gasteiger partial charge in [-0.05, 0) is 31.2 Å². The Morgan fingerprint density at radius 2 is 1.93 bits per heavy atom. The van der Waals surface area contributed by atoms with Crippen LogP contribution < -0.4 is 10.6 Å². The zero-order valence-electron chi connectivity index (χ0n) is 16.6. The molecule has 0 radical (unpaired) electrons. The van der Waals surface area contributed by atoms with E-state index in [4.69, 9.17) is 15.5 Å². The first-order valence-corrected chi connectivity index (χ1v) is 11.9. The van der Waals surface area contributed by atoms with Crippen molar-refractivity contribution in [2.75, 3.05) is 36.9 Å². The number of nitrogen functional groups attached to an aromatic ring is 1. The molecule has 0 bridgehead atoms. The molecule has 0 amide bonds. The number of aryl methyl sites for hydroxylation is 2. The van der Waals surface area contributed by atoms with Crippen LogP contribution in [0.3, 0.4) is 0 Å². The van der Waals surface area contributed by atoms with Crippen LogP contribution in [0.1, 0.15) is 35.5 Å². The second-order valence-corrected chi connectivity index (χ2v) is 9.53. The van der Waals surface area contributed by atoms with Crippen LogP contribution in [0, 0.1) is 0 Å². The third-order valence-electron chi connectivity index (χ3n) is 5.58. The molecule has 4 heterocycles. The minimum Gasteiger partial charge on any atom is -0.383 e. The maximum atomic E-state index is 6.37. The van der Waals surface area contributed by atoms with Gasteiger partial charge in [0, 0.05) is 25.0 Å². The lowest BCUT2D eigenvalue weighted by atomic mass is 10.1. The van der Waals surface area contributed by atoms with Crippen molar-refractivity contribution in [3.63, 3.8) is 0 Å². The molecule has 2 N–H and O–H groups in total. The van der Waals surface area contributed by atoms with Crippen LogP contribution in [-0.4, -0.2) is 51.0 Å². The van der Waals surface area contributed by atoms with Gasteiger partial charge in [0.15, 0.2) is 5.16 Å². The van der Waals surface area contributed by atoms with Gasteiger partial charge in [-0.1, -0.05) is 18.2 Å². The van der Waals surface area contributed by atoms with E-state index in [0.717, 1.165) is 66.3 Å². The minimum atomic E-state index is 0.622. The molecule has 154 valence electrons. The Morgan fingerprint density at radius 1 is 1.10 bits per heavy atom. The molecule has 0 unspecified atom stereocenters. The molecule has 1 saturated heterocycles. The fraction of sp³-hybridized carbons (Fsp3) is 0.579. The smallest absolute Gasteiger partial charge is 0.227 e. The number of ether oxygens (including phenoxy) is 1. The van der Waals surface area contributed by atoms with E-state index in [1.807, 2.05) is 11.6 Å². The number of fused-ring (bicyclic) bond motifs is 3. The largest absolute Gasteiger partial charge is 0.383 e. The molecule has 1 aliphatic carbocycles. The number of thioether (sulfide) groups is 1. The van der Waals surface area contributed by atoms with E-state index < -0.39 is 0 Å². The second kappa shape index (κ2) is 8.08. The summed E-state index contributed by atoms with van der Waals surface area (Å²) in [5.41, 5.74) is 7.76. The molecule has 8 nitrogen and oxygen atoms in total. The van der Waals surface area contributed by atoms with Gasteiger partial charge in [-0.15, -0.1) is 21.5 Å². The predicted molar refractivity (Wildman–Crippen MR) is 117 cm³/mol. The van der Waals surface area contributed by atoms with Crippen LogP contribution in [0.5, 0.6) is 0 Å². The molecular formula is C19H25N7OS2. The van der Waals surface area contributed by atoms with Gasteiger partial charge in [0.2, 0.25) is 5.95 Å². The molecular weight excluding hydrogens is 406 g/mol. The van der Waals surface area contributed by atoms with Crippen LogP contribution in [0.2, 0.25) is 0 Å². The average molecular weight is 432 g/mol. The number of rotatable bonds is 4. The van der Waals surface area contributed by atoms with Crippen LogP contribution in [0.25, 0.3) is 10.2 Å². The van der Waals surface area contributed by atoms with Gasteiger partial charge < -0.3 is 15.4 Å². The third kappa shape index (κ3) is 3.69. The first kappa shape index (κ1) is 19.1. The molecule has 2 aliphatic rings. The Kier molecular flexibility index (Phi) is 5.31. The molecule has 0 saturated carbocycles. The van der Waals surface area contributed by atoms with E-state index in [0.29, 0.717) is 11.6 Å². The molecule has 0 spiro atoms. The van der Waals surface area contributed by atoms with Crippen molar-refractivity contribution in [1.82, 2.24) is 24.7 Å². The lowest BCUT2D eigenvalue weighted by molar-refractivity contribution is 0.121. The summed E-state index contributed by atoms with van der Waals surface area (Å²) >= 11 is 3.39. The number of thiophene rings is 1. The first-order valence-electron chi connectivity index (χ1n) is 10.1. The second-order valence-electron chi connectivity index (χ2n) is 7.50. The van der Waals surface area contributed by atoms with Gasteiger partial charge in [0.1, 0.15) is 16.5 Å². The van der Waals surface area contributed by atoms with Crippen molar-refractivity contribution in [3.05, 3.63) is 16.3 Å². The van der Waals surface area contributed by atoms with Crippen LogP contribution in [0.4, 0.5) is 11.8 Å². The van der Waals surface area contributed by atoms with E-state index in [1.54, 1.807) is 23.1 Å². The Bertz CT molecular complexity index is 1030. The Morgan fingerprint density at radius 3 is 2.79 bits per heavy atom. The Labute approximate surface area is 177 Å². The summed E-state index contributed by atoms with van der Waals surface area (Å²) in [6.45, 7) is 3.15. The standard InChI is InChI=1S/C19H25N7OS2/c1-25-18(26-7-9-27-10-8-26)23-24-19(25)28-11-14-21-16(20)15-12-5-3-2-4-6-13(12)29-17(15)22-14/h2-11H2,1H3,(H2,20,21,22). The van der Waals surface area contributed by atoms with Crippen molar-refractivity contribution in [3.8, 4) is 0 Å². The SMILES string of the molecule is Cn1c(SCc2nc(N)c3c4c(sc3n2)CCCCC4)nnc1N1CCOCC1. The fourth-order valence-electron chi connectivity index (χ4n) is 4.07. The summed E-state index contributed by atoms with van der Waals surface area (Å²) in [6, 6.07) is 0. The quantitative estimate of drug-likeness (QED) is 0.498. The highest BCUT2D eigenvalue weighted by Crippen LogP contribution is 2.37. The van der Waals surface area contributed by atoms with E-state index in [9.17, 15) is 0 Å². The summed E-state index contributed by atoms with van der Waals surface area (Å²) in [5.74, 6) is 2.88. The van der Waals surface area contributed by atoms with Crippen molar-refractivity contribution >= 4 is 45.1 Å². The number of morpholine rings is 1. The predicted octanol–water partition coefficient (Wildman–Crippen LogP) is 2.80. The Balaban J connectivity index is 1.35. The van der Waals surface area contributed by atoms with Crippen LogP contribution in [0.15, 0.2) is 5.16 Å². The van der Waals surface area contributed by atoms with E-state index in [2.05, 4.69) is 20.1 Å². The van der Waals surface area contributed by atoms with E-state index in [-0.39, 0.29) is 0 Å². The number of aromatic nitrogens is 5. The zero-order chi connectivity index (χ0) is 19.8. The summed E-state index contributed by atoms with van der Waals surface area (Å²) in [5, 5.41) is 10.7. The molecule has 0 aromatic carbocycles. The minimum absolute atomic E-state index is 0.622. The fourth-order valence-corrected chi connectivity index (χ4v) is 6.12. The Hall–Kier alpha value is -1.91. The van der Waals surface area contributed by atoms with Crippen molar-refractivity contribution in [1.29, 1.82) is 0 Å². The molecule has 1 aliphatic heterocycles. The maximum absolute atomic E-state index is 6.37. The van der Waals surface area contributed by atoms with Crippen molar-refractivity contribution in [2.24, 2.45) is 7.05 Å². The third-order valence-corrected chi connectivity index (χ3v) is 7.78. The summed E-state index contributed by atoms with van der Waals surface area (Å²) in [4.78, 5) is 14.2. The molecule has 5 rings (SSSR count). The van der Waals surface area contributed by atoms with Crippen molar-refractivity contribution in [2.45, 2.75) is 43.0 Å². The number of nitrogens with zero attached hydrogens (tertiary/aromatic N) is 6. The molecule has 1 fully saturated rings. The maximum Gasteiger partial charge on any atom is 0.227 e. The van der Waals surface area contributed by atoms with Crippen LogP contribution >= 0.6 is 23.1 Å². The van der Waals surface area contributed by atoms with Gasteiger partial charge in [-0.2, -0.15) is 0 Å². The highest BCUT2D eigenvalue weighted by Gasteiger charge is 2.21. The highest BCUT2D eigenvalue weighted by atomic mass is 32.2. The van der Waals surface area contributed by atoms with Gasteiger partial charge in [0.25, 0.3) is 0 Å². The average Bonchev–Trinajstić information content (AvgIpc) is 3.19. The number of anilines is 2. The molecule has 3 aromatic rings. The first-order chi connectivity index (χ1) is 14.2. The number of hydrogen-bond donors (Lipinski definition) is 1.